The molecule has 0 aliphatic heterocycles. The molecule has 0 spiro atoms. The van der Waals surface area contributed by atoms with Crippen molar-refractivity contribution in [3.8, 4) is 0 Å². The van der Waals surface area contributed by atoms with Crippen LogP contribution >= 0.6 is 0 Å². The highest BCUT2D eigenvalue weighted by Crippen LogP contribution is 2.47. The van der Waals surface area contributed by atoms with Gasteiger partial charge in [-0.15, -0.1) is 0 Å². The van der Waals surface area contributed by atoms with E-state index in [0.717, 1.165) is 31.0 Å². The third-order valence-corrected chi connectivity index (χ3v) is 5.40. The summed E-state index contributed by atoms with van der Waals surface area (Å²) in [5, 5.41) is 7.98. The molecule has 0 saturated heterocycles. The minimum absolute atomic E-state index is 0.287. The van der Waals surface area contributed by atoms with Gasteiger partial charge >= 0.3 is 0 Å². The van der Waals surface area contributed by atoms with Crippen molar-refractivity contribution >= 4 is 0 Å². The van der Waals surface area contributed by atoms with Gasteiger partial charge in [0.05, 0.1) is 12.2 Å². The number of hydrogen-bond acceptors (Lipinski definition) is 4. The largest absolute Gasteiger partial charge is 0.360 e. The van der Waals surface area contributed by atoms with E-state index in [2.05, 4.69) is 65.6 Å². The Morgan fingerprint density at radius 1 is 1.25 bits per heavy atom. The maximum absolute atomic E-state index is 5.44. The lowest BCUT2D eigenvalue weighted by Gasteiger charge is -2.52. The molecule has 2 aromatic rings. The molecule has 1 fully saturated rings. The Morgan fingerprint density at radius 3 is 2.67 bits per heavy atom. The first-order valence-corrected chi connectivity index (χ1v) is 8.81. The predicted molar refractivity (Wildman–Crippen MR) is 96.6 cm³/mol. The molecule has 1 heterocycles. The van der Waals surface area contributed by atoms with Crippen LogP contribution in [0.3, 0.4) is 0 Å². The van der Waals surface area contributed by atoms with Crippen molar-refractivity contribution in [3.05, 3.63) is 53.4 Å². The zero-order valence-corrected chi connectivity index (χ0v) is 15.2. The lowest BCUT2D eigenvalue weighted by Crippen LogP contribution is -2.57. The average Bonchev–Trinajstić information content (AvgIpc) is 2.97. The molecule has 3 rings (SSSR count). The van der Waals surface area contributed by atoms with Crippen LogP contribution in [0.1, 0.15) is 37.3 Å². The molecule has 4 nitrogen and oxygen atoms in total. The van der Waals surface area contributed by atoms with E-state index in [1.54, 1.807) is 0 Å². The van der Waals surface area contributed by atoms with Gasteiger partial charge < -0.3 is 14.7 Å². The van der Waals surface area contributed by atoms with Crippen LogP contribution in [0.5, 0.6) is 0 Å². The van der Waals surface area contributed by atoms with Gasteiger partial charge in [0.1, 0.15) is 0 Å². The van der Waals surface area contributed by atoms with Gasteiger partial charge in [-0.1, -0.05) is 49.3 Å². The molecular weight excluding hydrogens is 298 g/mol. The van der Waals surface area contributed by atoms with Gasteiger partial charge in [0.2, 0.25) is 0 Å². The summed E-state index contributed by atoms with van der Waals surface area (Å²) in [6.07, 6.45) is 2.21. The number of aromatic nitrogens is 1. The van der Waals surface area contributed by atoms with Crippen LogP contribution in [-0.4, -0.2) is 30.2 Å². The van der Waals surface area contributed by atoms with Crippen molar-refractivity contribution in [2.24, 2.45) is 11.3 Å². The molecule has 1 aromatic heterocycles. The Hall–Kier alpha value is -1.65. The van der Waals surface area contributed by atoms with Crippen LogP contribution in [0, 0.1) is 11.3 Å². The summed E-state index contributed by atoms with van der Waals surface area (Å²) in [6, 6.07) is 13.3. The van der Waals surface area contributed by atoms with Crippen molar-refractivity contribution in [2.75, 3.05) is 14.1 Å². The Morgan fingerprint density at radius 2 is 2.00 bits per heavy atom. The van der Waals surface area contributed by atoms with E-state index < -0.39 is 0 Å². The van der Waals surface area contributed by atoms with Crippen LogP contribution in [0.2, 0.25) is 0 Å². The molecule has 1 saturated carbocycles. The molecule has 1 aliphatic rings. The highest BCUT2D eigenvalue weighted by atomic mass is 16.5. The number of rotatable bonds is 7. The Kier molecular flexibility index (Phi) is 5.07. The fourth-order valence-electron chi connectivity index (χ4n) is 3.64. The van der Waals surface area contributed by atoms with Gasteiger partial charge in [-0.05, 0) is 43.8 Å². The molecule has 1 aromatic carbocycles. The highest BCUT2D eigenvalue weighted by molar-refractivity contribution is 5.16. The predicted octanol–water partition coefficient (Wildman–Crippen LogP) is 3.48. The minimum Gasteiger partial charge on any atom is -0.360 e. The molecule has 2 atom stereocenters. The second-order valence-corrected chi connectivity index (χ2v) is 7.90. The van der Waals surface area contributed by atoms with Crippen molar-refractivity contribution < 1.29 is 4.52 Å². The molecule has 1 N–H and O–H groups in total. The number of nitrogens with one attached hydrogen (secondary N) is 1. The number of hydrogen-bond donors (Lipinski definition) is 1. The fraction of sp³-hybridized carbons (Fsp3) is 0.550. The number of nitrogens with zero attached hydrogens (tertiary/aromatic N) is 2. The van der Waals surface area contributed by atoms with E-state index >= 15 is 0 Å². The zero-order valence-electron chi connectivity index (χ0n) is 15.2. The lowest BCUT2D eigenvalue weighted by atomic mass is 9.57. The van der Waals surface area contributed by atoms with Gasteiger partial charge in [0, 0.05) is 18.7 Å². The van der Waals surface area contributed by atoms with E-state index in [4.69, 9.17) is 4.52 Å². The first kappa shape index (κ1) is 17.2. The van der Waals surface area contributed by atoms with Crippen molar-refractivity contribution in [1.29, 1.82) is 0 Å². The van der Waals surface area contributed by atoms with Gasteiger partial charge in [-0.2, -0.15) is 0 Å². The van der Waals surface area contributed by atoms with Crippen molar-refractivity contribution in [2.45, 2.75) is 45.8 Å². The molecule has 130 valence electrons. The summed E-state index contributed by atoms with van der Waals surface area (Å²) in [7, 11) is 4.08. The first-order chi connectivity index (χ1) is 11.4. The molecule has 0 radical (unpaired) electrons. The fourth-order valence-corrected chi connectivity index (χ4v) is 3.64. The smallest absolute Gasteiger partial charge is 0.150 e. The topological polar surface area (TPSA) is 41.3 Å². The van der Waals surface area contributed by atoms with E-state index in [1.807, 2.05) is 14.1 Å². The Balaban J connectivity index is 1.51. The maximum atomic E-state index is 5.44. The maximum Gasteiger partial charge on any atom is 0.150 e. The molecule has 0 bridgehead atoms. The van der Waals surface area contributed by atoms with Gasteiger partial charge in [-0.3, -0.25) is 0 Å². The molecule has 1 aliphatic carbocycles. The molecule has 0 amide bonds. The van der Waals surface area contributed by atoms with Gasteiger partial charge in [-0.25, -0.2) is 0 Å². The van der Waals surface area contributed by atoms with Crippen LogP contribution in [0.4, 0.5) is 0 Å². The third kappa shape index (κ3) is 3.87. The molecule has 0 unspecified atom stereocenters. The summed E-state index contributed by atoms with van der Waals surface area (Å²) < 4.78 is 5.44. The van der Waals surface area contributed by atoms with Gasteiger partial charge in [0.15, 0.2) is 5.76 Å². The van der Waals surface area contributed by atoms with Crippen LogP contribution < -0.4 is 5.32 Å². The standard InChI is InChI=1S/C20H29N3O/c1-20(2)16(10-17-12-18(24-22-17)14-23(3)4)11-19(20)21-13-15-8-6-5-7-9-15/h5-9,12,16,19,21H,10-11,13-14H2,1-4H3/t16-,19+/m1/s1. The second kappa shape index (κ2) is 7.08. The average molecular weight is 327 g/mol. The Labute approximate surface area is 145 Å². The monoisotopic (exact) mass is 327 g/mol. The molecular formula is C20H29N3O. The first-order valence-electron chi connectivity index (χ1n) is 8.81. The third-order valence-electron chi connectivity index (χ3n) is 5.40. The Bertz CT molecular complexity index is 648. The second-order valence-electron chi connectivity index (χ2n) is 7.90. The summed E-state index contributed by atoms with van der Waals surface area (Å²) in [6.45, 7) is 6.48. The SMILES string of the molecule is CN(C)Cc1cc(C[C@@H]2C[C@H](NCc3ccccc3)C2(C)C)no1. The van der Waals surface area contributed by atoms with E-state index in [0.29, 0.717) is 12.0 Å². The van der Waals surface area contributed by atoms with Crippen LogP contribution in [-0.2, 0) is 19.5 Å². The van der Waals surface area contributed by atoms with E-state index in [9.17, 15) is 0 Å². The quantitative estimate of drug-likeness (QED) is 0.845. The minimum atomic E-state index is 0.287. The van der Waals surface area contributed by atoms with Crippen molar-refractivity contribution in [1.82, 2.24) is 15.4 Å². The summed E-state index contributed by atoms with van der Waals surface area (Å²) in [5.41, 5.74) is 2.73. The van der Waals surface area contributed by atoms with E-state index in [-0.39, 0.29) is 5.41 Å². The van der Waals surface area contributed by atoms with Gasteiger partial charge in [0.25, 0.3) is 0 Å². The summed E-state index contributed by atoms with van der Waals surface area (Å²) in [5.74, 6) is 1.61. The van der Waals surface area contributed by atoms with Crippen LogP contribution in [0.25, 0.3) is 0 Å². The normalized spacial score (nSPS) is 22.5. The van der Waals surface area contributed by atoms with E-state index in [1.165, 1.54) is 12.0 Å². The summed E-state index contributed by atoms with van der Waals surface area (Å²) >= 11 is 0. The van der Waals surface area contributed by atoms with Crippen molar-refractivity contribution in [3.63, 3.8) is 0 Å². The molecule has 4 heteroatoms. The summed E-state index contributed by atoms with van der Waals surface area (Å²) in [4.78, 5) is 2.10. The molecule has 24 heavy (non-hydrogen) atoms. The highest BCUT2D eigenvalue weighted by Gasteiger charge is 2.47. The zero-order chi connectivity index (χ0) is 17.2. The number of benzene rings is 1. The van der Waals surface area contributed by atoms with Crippen LogP contribution in [0.15, 0.2) is 40.9 Å². The lowest BCUT2D eigenvalue weighted by molar-refractivity contribution is 0.0125.